The molecule has 0 aliphatic heterocycles. The molecule has 0 fully saturated rings. The van der Waals surface area contributed by atoms with Crippen molar-refractivity contribution in [2.24, 2.45) is 0 Å². The highest BCUT2D eigenvalue weighted by molar-refractivity contribution is 6.02. The van der Waals surface area contributed by atoms with E-state index >= 15 is 0 Å². The molecular weight excluding hydrogens is 245 g/mol. The molecule has 0 atom stereocenters. The minimum absolute atomic E-state index is 0.239. The summed E-state index contributed by atoms with van der Waals surface area (Å²) in [7, 11) is 0. The fourth-order valence-corrected chi connectivity index (χ4v) is 1.96. The number of aromatic nitrogens is 2. The molecule has 0 bridgehead atoms. The Kier molecular flexibility index (Phi) is 4.53. The number of rotatable bonds is 5. The molecule has 0 saturated carbocycles. The molecule has 6 heteroatoms. The smallest absolute Gasteiger partial charge is 0.284 e. The van der Waals surface area contributed by atoms with Gasteiger partial charge in [-0.1, -0.05) is 20.8 Å². The standard InChI is InChI=1S/C12H17F3N2O/c1-4-7-17-9(6-3)10(8(5-2)16-17)11(18)12(13,14)15/h4-7H2,1-3H3. The molecule has 3 nitrogen and oxygen atoms in total. The number of aryl methyl sites for hydroxylation is 2. The average molecular weight is 262 g/mol. The summed E-state index contributed by atoms with van der Waals surface area (Å²) >= 11 is 0. The number of halogens is 3. The lowest BCUT2D eigenvalue weighted by molar-refractivity contribution is -0.0886. The zero-order valence-electron chi connectivity index (χ0n) is 10.8. The first-order chi connectivity index (χ1) is 8.36. The Bertz CT molecular complexity index is 435. The Morgan fingerprint density at radius 3 is 2.22 bits per heavy atom. The van der Waals surface area contributed by atoms with Gasteiger partial charge < -0.3 is 0 Å². The summed E-state index contributed by atoms with van der Waals surface area (Å²) in [4.78, 5) is 11.5. The van der Waals surface area contributed by atoms with Crippen LogP contribution in [-0.2, 0) is 19.4 Å². The number of carbonyl (C=O) groups excluding carboxylic acids is 1. The number of ketones is 1. The lowest BCUT2D eigenvalue weighted by Gasteiger charge is -2.08. The third kappa shape index (κ3) is 2.73. The Hall–Kier alpha value is -1.33. The van der Waals surface area contributed by atoms with E-state index in [1.54, 1.807) is 13.8 Å². The molecule has 1 heterocycles. The lowest BCUT2D eigenvalue weighted by atomic mass is 10.0. The number of alkyl halides is 3. The predicted octanol–water partition coefficient (Wildman–Crippen LogP) is 3.16. The van der Waals surface area contributed by atoms with Crippen LogP contribution in [0.25, 0.3) is 0 Å². The maximum absolute atomic E-state index is 12.6. The van der Waals surface area contributed by atoms with Gasteiger partial charge >= 0.3 is 6.18 Å². The zero-order valence-corrected chi connectivity index (χ0v) is 10.8. The van der Waals surface area contributed by atoms with Crippen molar-refractivity contribution in [2.45, 2.75) is 52.8 Å². The summed E-state index contributed by atoms with van der Waals surface area (Å²) in [5.41, 5.74) is 0.375. The van der Waals surface area contributed by atoms with E-state index in [9.17, 15) is 18.0 Å². The fraction of sp³-hybridized carbons (Fsp3) is 0.667. The molecule has 0 aromatic carbocycles. The minimum atomic E-state index is -4.84. The van der Waals surface area contributed by atoms with E-state index in [1.807, 2.05) is 6.92 Å². The number of nitrogens with zero attached hydrogens (tertiary/aromatic N) is 2. The van der Waals surface area contributed by atoms with Gasteiger partial charge in [0.2, 0.25) is 0 Å². The first kappa shape index (κ1) is 14.7. The minimum Gasteiger partial charge on any atom is -0.284 e. The zero-order chi connectivity index (χ0) is 13.9. The van der Waals surface area contributed by atoms with Gasteiger partial charge in [0.15, 0.2) is 0 Å². The van der Waals surface area contributed by atoms with Crippen molar-refractivity contribution in [1.82, 2.24) is 9.78 Å². The number of hydrogen-bond acceptors (Lipinski definition) is 2. The van der Waals surface area contributed by atoms with E-state index < -0.39 is 12.0 Å². The van der Waals surface area contributed by atoms with Crippen molar-refractivity contribution in [2.75, 3.05) is 0 Å². The molecule has 0 aliphatic rings. The van der Waals surface area contributed by atoms with Crippen molar-refractivity contribution in [1.29, 1.82) is 0 Å². The summed E-state index contributed by atoms with van der Waals surface area (Å²) in [5, 5.41) is 4.12. The second-order valence-electron chi connectivity index (χ2n) is 4.03. The summed E-state index contributed by atoms with van der Waals surface area (Å²) in [6.45, 7) is 5.88. The molecule has 1 rings (SSSR count). The average Bonchev–Trinajstić information content (AvgIpc) is 2.64. The maximum atomic E-state index is 12.6. The number of carbonyl (C=O) groups is 1. The molecule has 18 heavy (non-hydrogen) atoms. The molecule has 1 aromatic heterocycles. The Balaban J connectivity index is 3.35. The highest BCUT2D eigenvalue weighted by Crippen LogP contribution is 2.27. The molecule has 0 spiro atoms. The van der Waals surface area contributed by atoms with Crippen LogP contribution in [0.3, 0.4) is 0 Å². The summed E-state index contributed by atoms with van der Waals surface area (Å²) in [6, 6.07) is 0. The van der Waals surface area contributed by atoms with Gasteiger partial charge in [-0.25, -0.2) is 0 Å². The number of hydrogen-bond donors (Lipinski definition) is 0. The molecule has 0 radical (unpaired) electrons. The van der Waals surface area contributed by atoms with Crippen LogP contribution in [0.4, 0.5) is 13.2 Å². The van der Waals surface area contributed by atoms with Gasteiger partial charge in [-0.05, 0) is 19.3 Å². The lowest BCUT2D eigenvalue weighted by Crippen LogP contribution is -2.24. The first-order valence-corrected chi connectivity index (χ1v) is 6.06. The molecule has 0 unspecified atom stereocenters. The highest BCUT2D eigenvalue weighted by Gasteiger charge is 2.42. The van der Waals surface area contributed by atoms with Crippen molar-refractivity contribution in [3.63, 3.8) is 0 Å². The van der Waals surface area contributed by atoms with Crippen LogP contribution in [-0.4, -0.2) is 21.7 Å². The van der Waals surface area contributed by atoms with Gasteiger partial charge in [-0.15, -0.1) is 0 Å². The van der Waals surface area contributed by atoms with Gasteiger partial charge in [-0.2, -0.15) is 18.3 Å². The fourth-order valence-electron chi connectivity index (χ4n) is 1.96. The summed E-state index contributed by atoms with van der Waals surface area (Å²) in [5.74, 6) is -1.78. The normalized spacial score (nSPS) is 11.9. The Morgan fingerprint density at radius 2 is 1.83 bits per heavy atom. The molecule has 1 aromatic rings. The van der Waals surface area contributed by atoms with Crippen LogP contribution in [0.2, 0.25) is 0 Å². The largest absolute Gasteiger partial charge is 0.455 e. The van der Waals surface area contributed by atoms with E-state index in [0.29, 0.717) is 25.1 Å². The molecular formula is C12H17F3N2O. The molecule has 102 valence electrons. The van der Waals surface area contributed by atoms with Crippen LogP contribution >= 0.6 is 0 Å². The molecule has 0 aliphatic carbocycles. The topological polar surface area (TPSA) is 34.9 Å². The number of Topliss-reactive ketones (excluding diaryl/α,β-unsaturated/α-hetero) is 1. The van der Waals surface area contributed by atoms with E-state index in [1.165, 1.54) is 4.68 Å². The summed E-state index contributed by atoms with van der Waals surface area (Å²) < 4.78 is 39.3. The quantitative estimate of drug-likeness (QED) is 0.764. The van der Waals surface area contributed by atoms with E-state index in [0.717, 1.165) is 6.42 Å². The molecule has 0 N–H and O–H groups in total. The van der Waals surface area contributed by atoms with Gasteiger partial charge in [0, 0.05) is 12.2 Å². The van der Waals surface area contributed by atoms with Crippen LogP contribution in [0, 0.1) is 0 Å². The van der Waals surface area contributed by atoms with Gasteiger partial charge in [-0.3, -0.25) is 9.48 Å². The van der Waals surface area contributed by atoms with Crippen molar-refractivity contribution >= 4 is 5.78 Å². The summed E-state index contributed by atoms with van der Waals surface area (Å²) in [6.07, 6.45) is -3.39. The Labute approximate surface area is 104 Å². The van der Waals surface area contributed by atoms with Crippen molar-refractivity contribution in [3.8, 4) is 0 Å². The van der Waals surface area contributed by atoms with Crippen LogP contribution in [0.5, 0.6) is 0 Å². The van der Waals surface area contributed by atoms with Crippen LogP contribution in [0.1, 0.15) is 48.9 Å². The van der Waals surface area contributed by atoms with E-state index in [2.05, 4.69) is 5.10 Å². The van der Waals surface area contributed by atoms with E-state index in [-0.39, 0.29) is 11.3 Å². The van der Waals surface area contributed by atoms with Crippen LogP contribution in [0.15, 0.2) is 0 Å². The van der Waals surface area contributed by atoms with Gasteiger partial charge in [0.1, 0.15) is 0 Å². The molecule has 0 amide bonds. The van der Waals surface area contributed by atoms with Crippen molar-refractivity contribution < 1.29 is 18.0 Å². The monoisotopic (exact) mass is 262 g/mol. The second kappa shape index (κ2) is 5.54. The Morgan fingerprint density at radius 1 is 1.22 bits per heavy atom. The van der Waals surface area contributed by atoms with Crippen LogP contribution < -0.4 is 0 Å². The van der Waals surface area contributed by atoms with Crippen molar-refractivity contribution in [3.05, 3.63) is 17.0 Å². The highest BCUT2D eigenvalue weighted by atomic mass is 19.4. The predicted molar refractivity (Wildman–Crippen MR) is 61.7 cm³/mol. The van der Waals surface area contributed by atoms with Gasteiger partial charge in [0.25, 0.3) is 5.78 Å². The third-order valence-corrected chi connectivity index (χ3v) is 2.72. The second-order valence-corrected chi connectivity index (χ2v) is 4.03. The van der Waals surface area contributed by atoms with Gasteiger partial charge in [0.05, 0.1) is 11.3 Å². The first-order valence-electron chi connectivity index (χ1n) is 6.06. The SMILES string of the molecule is CCCn1nc(CC)c(C(=O)C(F)(F)F)c1CC. The third-order valence-electron chi connectivity index (χ3n) is 2.72. The maximum Gasteiger partial charge on any atom is 0.455 e. The van der Waals surface area contributed by atoms with E-state index in [4.69, 9.17) is 0 Å². The molecule has 0 saturated heterocycles.